The average Bonchev–Trinajstić information content (AvgIpc) is 3.33. The lowest BCUT2D eigenvalue weighted by Crippen LogP contribution is -2.32. The van der Waals surface area contributed by atoms with Crippen LogP contribution in [0.1, 0.15) is 46.8 Å². The molecule has 5 heteroatoms. The van der Waals surface area contributed by atoms with Gasteiger partial charge in [0.1, 0.15) is 0 Å². The van der Waals surface area contributed by atoms with Crippen LogP contribution in [0.15, 0.2) is 54.9 Å². The third kappa shape index (κ3) is 3.54. The van der Waals surface area contributed by atoms with E-state index in [1.54, 1.807) is 0 Å². The molecule has 4 aromatic rings. The SMILES string of the molecule is Cc1ccc(-n2ncc3c2CCCC3NC(=O)Cc2cn(C)c3ccccc23)cc1C. The fourth-order valence-electron chi connectivity index (χ4n) is 4.77. The summed E-state index contributed by atoms with van der Waals surface area (Å²) >= 11 is 0. The highest BCUT2D eigenvalue weighted by Crippen LogP contribution is 2.31. The highest BCUT2D eigenvalue weighted by atomic mass is 16.1. The number of hydrogen-bond acceptors (Lipinski definition) is 2. The molecule has 1 aliphatic carbocycles. The first-order valence-electron chi connectivity index (χ1n) is 11.0. The molecule has 5 rings (SSSR count). The lowest BCUT2D eigenvalue weighted by atomic mass is 9.92. The molecule has 1 amide bonds. The third-order valence-electron chi connectivity index (χ3n) is 6.58. The van der Waals surface area contributed by atoms with E-state index in [1.165, 1.54) is 16.8 Å². The molecule has 0 fully saturated rings. The maximum absolute atomic E-state index is 13.0. The van der Waals surface area contributed by atoms with Crippen molar-refractivity contribution < 1.29 is 4.79 Å². The van der Waals surface area contributed by atoms with Gasteiger partial charge in [0.2, 0.25) is 5.91 Å². The number of fused-ring (bicyclic) bond motifs is 2. The molecule has 1 unspecified atom stereocenters. The van der Waals surface area contributed by atoms with Crippen LogP contribution in [-0.4, -0.2) is 20.3 Å². The standard InChI is InChI=1S/C26H28N4O/c1-17-11-12-20(13-18(17)2)30-25-10-6-8-23(22(25)15-27-30)28-26(31)14-19-16-29(3)24-9-5-4-7-21(19)24/h4-5,7,9,11-13,15-16,23H,6,8,10,14H2,1-3H3,(H,28,31). The molecular weight excluding hydrogens is 384 g/mol. The molecule has 0 radical (unpaired) electrons. The van der Waals surface area contributed by atoms with Crippen molar-refractivity contribution in [1.29, 1.82) is 0 Å². The Morgan fingerprint density at radius 3 is 2.84 bits per heavy atom. The van der Waals surface area contributed by atoms with Crippen molar-refractivity contribution in [3.63, 3.8) is 0 Å². The summed E-state index contributed by atoms with van der Waals surface area (Å²) in [5, 5.41) is 9.11. The lowest BCUT2D eigenvalue weighted by molar-refractivity contribution is -0.121. The molecule has 0 spiro atoms. The highest BCUT2D eigenvalue weighted by Gasteiger charge is 2.26. The van der Waals surface area contributed by atoms with Crippen LogP contribution in [0.5, 0.6) is 0 Å². The maximum atomic E-state index is 13.0. The highest BCUT2D eigenvalue weighted by molar-refractivity contribution is 5.89. The molecule has 0 saturated carbocycles. The van der Waals surface area contributed by atoms with E-state index in [2.05, 4.69) is 65.4 Å². The number of hydrogen-bond donors (Lipinski definition) is 1. The smallest absolute Gasteiger partial charge is 0.224 e. The maximum Gasteiger partial charge on any atom is 0.224 e. The molecule has 5 nitrogen and oxygen atoms in total. The number of nitrogens with zero attached hydrogens (tertiary/aromatic N) is 3. The first kappa shape index (κ1) is 19.6. The summed E-state index contributed by atoms with van der Waals surface area (Å²) in [7, 11) is 2.03. The fourth-order valence-corrected chi connectivity index (χ4v) is 4.77. The van der Waals surface area contributed by atoms with Gasteiger partial charge in [-0.15, -0.1) is 0 Å². The first-order chi connectivity index (χ1) is 15.0. The van der Waals surface area contributed by atoms with Crippen molar-refractivity contribution in [2.24, 2.45) is 7.05 Å². The van der Waals surface area contributed by atoms with Crippen molar-refractivity contribution in [2.75, 3.05) is 0 Å². The van der Waals surface area contributed by atoms with Crippen molar-refractivity contribution in [2.45, 2.75) is 45.6 Å². The zero-order valence-electron chi connectivity index (χ0n) is 18.4. The Hall–Kier alpha value is -3.34. The van der Waals surface area contributed by atoms with E-state index in [0.29, 0.717) is 6.42 Å². The van der Waals surface area contributed by atoms with E-state index in [-0.39, 0.29) is 11.9 Å². The molecule has 2 heterocycles. The zero-order valence-corrected chi connectivity index (χ0v) is 18.4. The van der Waals surface area contributed by atoms with Gasteiger partial charge in [0.15, 0.2) is 0 Å². The normalized spacial score (nSPS) is 15.8. The largest absolute Gasteiger partial charge is 0.350 e. The van der Waals surface area contributed by atoms with Gasteiger partial charge in [-0.2, -0.15) is 5.10 Å². The Bertz CT molecular complexity index is 1280. The molecule has 1 aliphatic rings. The van der Waals surface area contributed by atoms with E-state index in [4.69, 9.17) is 0 Å². The van der Waals surface area contributed by atoms with E-state index in [9.17, 15) is 4.79 Å². The summed E-state index contributed by atoms with van der Waals surface area (Å²) in [5.74, 6) is 0.0631. The number of carbonyl (C=O) groups is 1. The summed E-state index contributed by atoms with van der Waals surface area (Å²) in [5.41, 5.74) is 8.21. The molecule has 1 N–H and O–H groups in total. The van der Waals surface area contributed by atoms with Crippen LogP contribution in [0, 0.1) is 13.8 Å². The Kier molecular flexibility index (Phi) is 4.89. The minimum absolute atomic E-state index is 0.0199. The van der Waals surface area contributed by atoms with Crippen molar-refractivity contribution in [3.8, 4) is 5.69 Å². The zero-order chi connectivity index (χ0) is 21.5. The molecule has 2 aromatic carbocycles. The van der Waals surface area contributed by atoms with Gasteiger partial charge in [-0.25, -0.2) is 4.68 Å². The number of amides is 1. The van der Waals surface area contributed by atoms with Gasteiger partial charge < -0.3 is 9.88 Å². The van der Waals surface area contributed by atoms with Gasteiger partial charge in [-0.3, -0.25) is 4.79 Å². The summed E-state index contributed by atoms with van der Waals surface area (Å²) in [6, 6.07) is 14.7. The molecular formula is C26H28N4O. The van der Waals surface area contributed by atoms with Gasteiger partial charge in [-0.05, 0) is 68.0 Å². The van der Waals surface area contributed by atoms with Gasteiger partial charge in [0, 0.05) is 35.4 Å². The average molecular weight is 413 g/mol. The Morgan fingerprint density at radius 2 is 2.00 bits per heavy atom. The fraction of sp³-hybridized carbons (Fsp3) is 0.308. The molecule has 158 valence electrons. The summed E-state index contributed by atoms with van der Waals surface area (Å²) in [6.07, 6.45) is 7.37. The molecule has 0 aliphatic heterocycles. The molecule has 0 saturated heterocycles. The first-order valence-corrected chi connectivity index (χ1v) is 11.0. The van der Waals surface area contributed by atoms with Crippen LogP contribution in [-0.2, 0) is 24.7 Å². The second-order valence-corrected chi connectivity index (χ2v) is 8.70. The topological polar surface area (TPSA) is 51.9 Å². The molecule has 1 atom stereocenters. The van der Waals surface area contributed by atoms with Crippen LogP contribution >= 0.6 is 0 Å². The van der Waals surface area contributed by atoms with Crippen LogP contribution in [0.2, 0.25) is 0 Å². The van der Waals surface area contributed by atoms with E-state index in [0.717, 1.165) is 47.0 Å². The quantitative estimate of drug-likeness (QED) is 0.527. The molecule has 31 heavy (non-hydrogen) atoms. The predicted molar refractivity (Wildman–Crippen MR) is 123 cm³/mol. The molecule has 0 bridgehead atoms. The number of benzene rings is 2. The number of aryl methyl sites for hydroxylation is 3. The van der Waals surface area contributed by atoms with Crippen LogP contribution in [0.25, 0.3) is 16.6 Å². The van der Waals surface area contributed by atoms with E-state index < -0.39 is 0 Å². The summed E-state index contributed by atoms with van der Waals surface area (Å²) in [6.45, 7) is 4.25. The Labute approximate surface area is 182 Å². The number of rotatable bonds is 4. The number of nitrogens with one attached hydrogen (secondary N) is 1. The predicted octanol–water partition coefficient (Wildman–Crippen LogP) is 4.72. The van der Waals surface area contributed by atoms with Gasteiger partial charge in [0.25, 0.3) is 0 Å². The van der Waals surface area contributed by atoms with Gasteiger partial charge in [-0.1, -0.05) is 24.3 Å². The summed E-state index contributed by atoms with van der Waals surface area (Å²) < 4.78 is 4.13. The molecule has 2 aromatic heterocycles. The van der Waals surface area contributed by atoms with Crippen LogP contribution < -0.4 is 5.32 Å². The summed E-state index contributed by atoms with van der Waals surface area (Å²) in [4.78, 5) is 13.0. The number of aromatic nitrogens is 3. The minimum Gasteiger partial charge on any atom is -0.350 e. The minimum atomic E-state index is 0.0199. The monoisotopic (exact) mass is 412 g/mol. The Morgan fingerprint density at radius 1 is 1.16 bits per heavy atom. The van der Waals surface area contributed by atoms with Crippen molar-refractivity contribution in [1.82, 2.24) is 19.7 Å². The second-order valence-electron chi connectivity index (χ2n) is 8.70. The Balaban J connectivity index is 1.37. The third-order valence-corrected chi connectivity index (χ3v) is 6.58. The number of para-hydroxylation sites is 1. The van der Waals surface area contributed by atoms with E-state index >= 15 is 0 Å². The second kappa shape index (κ2) is 7.73. The van der Waals surface area contributed by atoms with Crippen molar-refractivity contribution >= 4 is 16.8 Å². The van der Waals surface area contributed by atoms with Crippen molar-refractivity contribution in [3.05, 3.63) is 82.8 Å². The van der Waals surface area contributed by atoms with Gasteiger partial charge >= 0.3 is 0 Å². The lowest BCUT2D eigenvalue weighted by Gasteiger charge is -2.24. The number of carbonyl (C=O) groups excluding carboxylic acids is 1. The van der Waals surface area contributed by atoms with E-state index in [1.807, 2.05) is 30.1 Å². The van der Waals surface area contributed by atoms with Crippen LogP contribution in [0.3, 0.4) is 0 Å². The van der Waals surface area contributed by atoms with Gasteiger partial charge in [0.05, 0.1) is 24.3 Å². The van der Waals surface area contributed by atoms with Crippen LogP contribution in [0.4, 0.5) is 0 Å².